The molecule has 0 aliphatic heterocycles. The summed E-state index contributed by atoms with van der Waals surface area (Å²) in [5, 5.41) is 0. The van der Waals surface area contributed by atoms with Crippen LogP contribution in [0.15, 0.2) is 35.2 Å². The number of hydrogen-bond acceptors (Lipinski definition) is 0. The van der Waals surface area contributed by atoms with Crippen molar-refractivity contribution in [3.63, 3.8) is 0 Å². The highest BCUT2D eigenvalue weighted by atomic mass is 19.1. The summed E-state index contributed by atoms with van der Waals surface area (Å²) in [6.45, 7) is 15.8. The highest BCUT2D eigenvalue weighted by molar-refractivity contribution is 5.38. The van der Waals surface area contributed by atoms with Gasteiger partial charge in [0.2, 0.25) is 0 Å². The van der Waals surface area contributed by atoms with Gasteiger partial charge in [-0.25, -0.2) is 4.39 Å². The molecule has 0 aliphatic carbocycles. The fourth-order valence-corrected chi connectivity index (χ4v) is 1.31. The summed E-state index contributed by atoms with van der Waals surface area (Å²) in [5.41, 5.74) is 2.67. The molecule has 15 heavy (non-hydrogen) atoms. The van der Waals surface area contributed by atoms with Crippen LogP contribution >= 0.6 is 0 Å². The topological polar surface area (TPSA) is 0 Å². The van der Waals surface area contributed by atoms with Crippen molar-refractivity contribution in [1.29, 1.82) is 0 Å². The third-order valence-corrected chi connectivity index (χ3v) is 2.36. The molecule has 0 amide bonds. The van der Waals surface area contributed by atoms with E-state index < -0.39 is 0 Å². The monoisotopic (exact) mass is 210 g/mol. The van der Waals surface area contributed by atoms with Gasteiger partial charge in [0.1, 0.15) is 5.83 Å². The number of halogens is 1. The van der Waals surface area contributed by atoms with E-state index in [2.05, 4.69) is 27.4 Å². The molecule has 0 saturated heterocycles. The summed E-state index contributed by atoms with van der Waals surface area (Å²) < 4.78 is 13.6. The van der Waals surface area contributed by atoms with E-state index in [1.807, 2.05) is 6.92 Å². The average molecular weight is 210 g/mol. The first-order valence-corrected chi connectivity index (χ1v) is 5.43. The molecule has 0 N–H and O–H groups in total. The van der Waals surface area contributed by atoms with Crippen LogP contribution in [0.25, 0.3) is 0 Å². The quantitative estimate of drug-likeness (QED) is 0.562. The van der Waals surface area contributed by atoms with Crippen molar-refractivity contribution in [2.45, 2.75) is 48.0 Å². The molecule has 0 nitrogen and oxygen atoms in total. The molecular weight excluding hydrogens is 187 g/mol. The average Bonchev–Trinajstić information content (AvgIpc) is 2.10. The summed E-state index contributed by atoms with van der Waals surface area (Å²) in [5.74, 6) is -0.144. The zero-order valence-corrected chi connectivity index (χ0v) is 10.9. The Morgan fingerprint density at radius 1 is 1.27 bits per heavy atom. The highest BCUT2D eigenvalue weighted by Crippen LogP contribution is 2.33. The van der Waals surface area contributed by atoms with Crippen LogP contribution in [-0.4, -0.2) is 0 Å². The summed E-state index contributed by atoms with van der Waals surface area (Å²) in [4.78, 5) is 0. The van der Waals surface area contributed by atoms with Crippen LogP contribution in [0.3, 0.4) is 0 Å². The van der Waals surface area contributed by atoms with Crippen LogP contribution in [0.1, 0.15) is 48.0 Å². The number of hydrogen-bond donors (Lipinski definition) is 0. The summed E-state index contributed by atoms with van der Waals surface area (Å²) in [6.07, 6.45) is 2.49. The lowest BCUT2D eigenvalue weighted by Crippen LogP contribution is -2.11. The van der Waals surface area contributed by atoms with Gasteiger partial charge in [0.25, 0.3) is 0 Å². The van der Waals surface area contributed by atoms with Gasteiger partial charge in [0.15, 0.2) is 0 Å². The molecule has 0 bridgehead atoms. The van der Waals surface area contributed by atoms with Crippen molar-refractivity contribution in [3.8, 4) is 0 Å². The molecule has 0 radical (unpaired) electrons. The molecule has 0 fully saturated rings. The van der Waals surface area contributed by atoms with Crippen molar-refractivity contribution in [2.75, 3.05) is 0 Å². The smallest absolute Gasteiger partial charge is 0.122 e. The number of rotatable bonds is 3. The van der Waals surface area contributed by atoms with Gasteiger partial charge >= 0.3 is 0 Å². The second-order valence-electron chi connectivity index (χ2n) is 5.11. The Hall–Kier alpha value is -0.850. The SMILES string of the molecule is C=C(CC)/C(=C/C(F)=C(C)C)C(C)(C)C. The Balaban J connectivity index is 5.32. The van der Waals surface area contributed by atoms with Gasteiger partial charge in [-0.3, -0.25) is 0 Å². The number of allylic oxidation sites excluding steroid dienone is 5. The molecule has 0 atom stereocenters. The van der Waals surface area contributed by atoms with Crippen LogP contribution in [0, 0.1) is 5.41 Å². The first-order chi connectivity index (χ1) is 6.70. The van der Waals surface area contributed by atoms with Crippen LogP contribution in [0.5, 0.6) is 0 Å². The van der Waals surface area contributed by atoms with E-state index >= 15 is 0 Å². The van der Waals surface area contributed by atoms with Gasteiger partial charge in [-0.1, -0.05) is 39.8 Å². The van der Waals surface area contributed by atoms with E-state index in [0.29, 0.717) is 5.57 Å². The third-order valence-electron chi connectivity index (χ3n) is 2.36. The maximum absolute atomic E-state index is 13.6. The predicted octanol–water partition coefficient (Wildman–Crippen LogP) is 5.19. The molecule has 0 unspecified atom stereocenters. The lowest BCUT2D eigenvalue weighted by atomic mass is 9.81. The Bertz CT molecular complexity index is 294. The molecule has 0 aromatic carbocycles. The molecular formula is C14H23F. The van der Waals surface area contributed by atoms with Gasteiger partial charge in [-0.15, -0.1) is 0 Å². The minimum atomic E-state index is -0.144. The summed E-state index contributed by atoms with van der Waals surface area (Å²) in [6, 6.07) is 0. The van der Waals surface area contributed by atoms with Crippen molar-refractivity contribution in [2.24, 2.45) is 5.41 Å². The maximum Gasteiger partial charge on any atom is 0.122 e. The van der Waals surface area contributed by atoms with Crippen LogP contribution in [0.2, 0.25) is 0 Å². The van der Waals surface area contributed by atoms with Crippen LogP contribution in [-0.2, 0) is 0 Å². The van der Waals surface area contributed by atoms with E-state index in [9.17, 15) is 4.39 Å². The Morgan fingerprint density at radius 2 is 1.73 bits per heavy atom. The van der Waals surface area contributed by atoms with E-state index in [-0.39, 0.29) is 11.2 Å². The van der Waals surface area contributed by atoms with Gasteiger partial charge in [0.05, 0.1) is 0 Å². The van der Waals surface area contributed by atoms with Crippen molar-refractivity contribution < 1.29 is 4.39 Å². The standard InChI is InChI=1S/C14H23F/c1-8-11(4)12(14(5,6)7)9-13(15)10(2)3/h9H,4,8H2,1-3,5-7H3/b12-9-. The molecule has 86 valence electrons. The molecule has 0 heterocycles. The molecule has 0 aliphatic rings. The van der Waals surface area contributed by atoms with E-state index in [1.54, 1.807) is 19.9 Å². The Morgan fingerprint density at radius 3 is 2.00 bits per heavy atom. The molecule has 1 heteroatoms. The third kappa shape index (κ3) is 4.46. The minimum absolute atomic E-state index is 0.0557. The highest BCUT2D eigenvalue weighted by Gasteiger charge is 2.19. The maximum atomic E-state index is 13.6. The van der Waals surface area contributed by atoms with Crippen LogP contribution in [0.4, 0.5) is 4.39 Å². The first kappa shape index (κ1) is 14.2. The lowest BCUT2D eigenvalue weighted by Gasteiger charge is -2.24. The molecule has 0 aromatic heterocycles. The predicted molar refractivity (Wildman–Crippen MR) is 66.5 cm³/mol. The molecule has 0 saturated carbocycles. The zero-order chi connectivity index (χ0) is 12.2. The molecule has 0 rings (SSSR count). The second kappa shape index (κ2) is 5.29. The van der Waals surface area contributed by atoms with Gasteiger partial charge < -0.3 is 0 Å². The minimum Gasteiger partial charge on any atom is -0.207 e. The van der Waals surface area contributed by atoms with E-state index in [4.69, 9.17) is 0 Å². The van der Waals surface area contributed by atoms with Crippen molar-refractivity contribution in [3.05, 3.63) is 35.2 Å². The van der Waals surface area contributed by atoms with Gasteiger partial charge in [-0.2, -0.15) is 0 Å². The first-order valence-electron chi connectivity index (χ1n) is 5.43. The van der Waals surface area contributed by atoms with Gasteiger partial charge in [-0.05, 0) is 42.9 Å². The molecule has 0 aromatic rings. The van der Waals surface area contributed by atoms with Gasteiger partial charge in [0, 0.05) is 0 Å². The van der Waals surface area contributed by atoms with E-state index in [1.165, 1.54) is 0 Å². The Labute approximate surface area is 93.6 Å². The summed E-state index contributed by atoms with van der Waals surface area (Å²) in [7, 11) is 0. The molecule has 0 spiro atoms. The fourth-order valence-electron chi connectivity index (χ4n) is 1.31. The summed E-state index contributed by atoms with van der Waals surface area (Å²) >= 11 is 0. The largest absolute Gasteiger partial charge is 0.207 e. The normalized spacial score (nSPS) is 12.6. The van der Waals surface area contributed by atoms with E-state index in [0.717, 1.165) is 17.6 Å². The van der Waals surface area contributed by atoms with Crippen LogP contribution < -0.4 is 0 Å². The van der Waals surface area contributed by atoms with Crippen molar-refractivity contribution in [1.82, 2.24) is 0 Å². The fraction of sp³-hybridized carbons (Fsp3) is 0.571. The van der Waals surface area contributed by atoms with Crippen molar-refractivity contribution >= 4 is 0 Å². The second-order valence-corrected chi connectivity index (χ2v) is 5.11. The Kier molecular flexibility index (Phi) is 4.99. The zero-order valence-electron chi connectivity index (χ0n) is 10.9. The lowest BCUT2D eigenvalue weighted by molar-refractivity contribution is 0.503.